The van der Waals surface area contributed by atoms with Crippen molar-refractivity contribution < 1.29 is 9.59 Å². The Bertz CT molecular complexity index is 873. The molecule has 6 heteroatoms. The Kier molecular flexibility index (Phi) is 5.69. The monoisotopic (exact) mass is 392 g/mol. The largest absolute Gasteiger partial charge is 0.374 e. The van der Waals surface area contributed by atoms with Gasteiger partial charge >= 0.3 is 0 Å². The first-order chi connectivity index (χ1) is 14.1. The SMILES string of the molecule is CC(Nc1ccc(N2CCCCCC2)cc1)C(=O)N1CC(=O)Nc2ccccc21. The number of benzene rings is 2. The van der Waals surface area contributed by atoms with Crippen LogP contribution < -0.4 is 20.4 Å². The van der Waals surface area contributed by atoms with E-state index < -0.39 is 6.04 Å². The third kappa shape index (κ3) is 4.36. The fraction of sp³-hybridized carbons (Fsp3) is 0.391. The molecule has 2 N–H and O–H groups in total. The lowest BCUT2D eigenvalue weighted by molar-refractivity contribution is -0.122. The third-order valence-corrected chi connectivity index (χ3v) is 5.63. The van der Waals surface area contributed by atoms with E-state index >= 15 is 0 Å². The maximum absolute atomic E-state index is 13.0. The topological polar surface area (TPSA) is 64.7 Å². The molecule has 152 valence electrons. The van der Waals surface area contributed by atoms with Crippen molar-refractivity contribution in [2.24, 2.45) is 0 Å². The first kappa shape index (κ1) is 19.3. The van der Waals surface area contributed by atoms with Gasteiger partial charge in [-0.25, -0.2) is 0 Å². The van der Waals surface area contributed by atoms with E-state index in [-0.39, 0.29) is 18.4 Å². The highest BCUT2D eigenvalue weighted by Gasteiger charge is 2.29. The van der Waals surface area contributed by atoms with Gasteiger partial charge < -0.3 is 15.5 Å². The molecular weight excluding hydrogens is 364 g/mol. The van der Waals surface area contributed by atoms with E-state index in [0.717, 1.165) is 24.5 Å². The van der Waals surface area contributed by atoms with Crippen LogP contribution in [-0.2, 0) is 9.59 Å². The van der Waals surface area contributed by atoms with Crippen molar-refractivity contribution in [3.63, 3.8) is 0 Å². The van der Waals surface area contributed by atoms with Gasteiger partial charge in [0.1, 0.15) is 12.6 Å². The normalized spacial score (nSPS) is 17.8. The molecule has 2 aliphatic heterocycles. The van der Waals surface area contributed by atoms with Gasteiger partial charge in [0, 0.05) is 24.5 Å². The lowest BCUT2D eigenvalue weighted by atomic mass is 10.1. The van der Waals surface area contributed by atoms with Crippen LogP contribution in [0, 0.1) is 0 Å². The second kappa shape index (κ2) is 8.55. The second-order valence-corrected chi connectivity index (χ2v) is 7.80. The van der Waals surface area contributed by atoms with E-state index in [4.69, 9.17) is 0 Å². The molecule has 0 radical (unpaired) electrons. The summed E-state index contributed by atoms with van der Waals surface area (Å²) in [5.41, 5.74) is 3.55. The smallest absolute Gasteiger partial charge is 0.249 e. The molecule has 1 saturated heterocycles. The van der Waals surface area contributed by atoms with E-state index in [1.807, 2.05) is 43.3 Å². The highest BCUT2D eigenvalue weighted by molar-refractivity contribution is 6.11. The Morgan fingerprint density at radius 2 is 1.69 bits per heavy atom. The van der Waals surface area contributed by atoms with Gasteiger partial charge in [0.05, 0.1) is 11.4 Å². The molecule has 2 aliphatic rings. The molecule has 0 saturated carbocycles. The summed E-state index contributed by atoms with van der Waals surface area (Å²) in [4.78, 5) is 29.0. The summed E-state index contributed by atoms with van der Waals surface area (Å²) in [6, 6.07) is 15.2. The maximum atomic E-state index is 13.0. The number of fused-ring (bicyclic) bond motifs is 1. The number of hydrogen-bond acceptors (Lipinski definition) is 4. The summed E-state index contributed by atoms with van der Waals surface area (Å²) in [7, 11) is 0. The molecule has 1 atom stereocenters. The zero-order valence-corrected chi connectivity index (χ0v) is 16.9. The zero-order valence-electron chi connectivity index (χ0n) is 16.9. The van der Waals surface area contributed by atoms with Crippen molar-refractivity contribution in [2.45, 2.75) is 38.6 Å². The minimum absolute atomic E-state index is 0.0375. The number of rotatable bonds is 4. The number of nitrogens with zero attached hydrogens (tertiary/aromatic N) is 2. The first-order valence-corrected chi connectivity index (χ1v) is 10.4. The van der Waals surface area contributed by atoms with Crippen LogP contribution in [0.3, 0.4) is 0 Å². The number of nitrogens with one attached hydrogen (secondary N) is 2. The third-order valence-electron chi connectivity index (χ3n) is 5.63. The average molecular weight is 393 g/mol. The number of anilines is 4. The molecule has 1 fully saturated rings. The molecular formula is C23H28N4O2. The predicted octanol–water partition coefficient (Wildman–Crippen LogP) is 3.85. The molecule has 0 aromatic heterocycles. The first-order valence-electron chi connectivity index (χ1n) is 10.4. The average Bonchev–Trinajstić information content (AvgIpc) is 3.02. The lowest BCUT2D eigenvalue weighted by Gasteiger charge is -2.31. The van der Waals surface area contributed by atoms with Gasteiger partial charge in [-0.1, -0.05) is 25.0 Å². The van der Waals surface area contributed by atoms with Crippen molar-refractivity contribution in [3.05, 3.63) is 48.5 Å². The van der Waals surface area contributed by atoms with Crippen LogP contribution in [0.4, 0.5) is 22.7 Å². The van der Waals surface area contributed by atoms with Crippen molar-refractivity contribution in [1.29, 1.82) is 0 Å². The number of para-hydroxylation sites is 2. The number of carbonyl (C=O) groups is 2. The summed E-state index contributed by atoms with van der Waals surface area (Å²) >= 11 is 0. The van der Waals surface area contributed by atoms with Gasteiger partial charge in [-0.2, -0.15) is 0 Å². The summed E-state index contributed by atoms with van der Waals surface area (Å²) in [6.45, 7) is 4.09. The molecule has 6 nitrogen and oxygen atoms in total. The Morgan fingerprint density at radius 3 is 2.41 bits per heavy atom. The van der Waals surface area contributed by atoms with Gasteiger partial charge in [-0.3, -0.25) is 14.5 Å². The van der Waals surface area contributed by atoms with Gasteiger partial charge in [-0.15, -0.1) is 0 Å². The maximum Gasteiger partial charge on any atom is 0.249 e. The fourth-order valence-electron chi connectivity index (χ4n) is 4.07. The highest BCUT2D eigenvalue weighted by Crippen LogP contribution is 2.29. The van der Waals surface area contributed by atoms with E-state index in [2.05, 4.69) is 27.7 Å². The zero-order chi connectivity index (χ0) is 20.2. The fourth-order valence-corrected chi connectivity index (χ4v) is 4.07. The van der Waals surface area contributed by atoms with Crippen LogP contribution in [0.1, 0.15) is 32.6 Å². The Hall–Kier alpha value is -3.02. The van der Waals surface area contributed by atoms with Crippen LogP contribution in [0.5, 0.6) is 0 Å². The van der Waals surface area contributed by atoms with Crippen LogP contribution in [0.2, 0.25) is 0 Å². The molecule has 0 bridgehead atoms. The van der Waals surface area contributed by atoms with Gasteiger partial charge in [0.25, 0.3) is 0 Å². The van der Waals surface area contributed by atoms with E-state index in [1.54, 1.807) is 4.90 Å². The Morgan fingerprint density at radius 1 is 1.00 bits per heavy atom. The van der Waals surface area contributed by atoms with Gasteiger partial charge in [0.2, 0.25) is 11.8 Å². The van der Waals surface area contributed by atoms with Crippen molar-refractivity contribution in [1.82, 2.24) is 0 Å². The molecule has 4 rings (SSSR count). The molecule has 2 heterocycles. The number of carbonyl (C=O) groups excluding carboxylic acids is 2. The molecule has 2 aromatic carbocycles. The Balaban J connectivity index is 1.43. The van der Waals surface area contributed by atoms with Crippen LogP contribution in [-0.4, -0.2) is 37.5 Å². The van der Waals surface area contributed by atoms with Crippen LogP contribution in [0.25, 0.3) is 0 Å². The van der Waals surface area contributed by atoms with Crippen LogP contribution >= 0.6 is 0 Å². The summed E-state index contributed by atoms with van der Waals surface area (Å²) in [6.07, 6.45) is 5.12. The second-order valence-electron chi connectivity index (χ2n) is 7.80. The summed E-state index contributed by atoms with van der Waals surface area (Å²) in [5, 5.41) is 6.10. The van der Waals surface area contributed by atoms with Crippen molar-refractivity contribution >= 4 is 34.6 Å². The number of hydrogen-bond donors (Lipinski definition) is 2. The minimum Gasteiger partial charge on any atom is -0.374 e. The van der Waals surface area contributed by atoms with E-state index in [1.165, 1.54) is 31.4 Å². The summed E-state index contributed by atoms with van der Waals surface area (Å²) in [5.74, 6) is -0.296. The molecule has 2 amide bonds. The predicted molar refractivity (Wildman–Crippen MR) is 118 cm³/mol. The van der Waals surface area contributed by atoms with Gasteiger partial charge in [-0.05, 0) is 56.2 Å². The molecule has 1 unspecified atom stereocenters. The van der Waals surface area contributed by atoms with Crippen molar-refractivity contribution in [3.8, 4) is 0 Å². The van der Waals surface area contributed by atoms with Crippen molar-refractivity contribution in [2.75, 3.05) is 40.1 Å². The van der Waals surface area contributed by atoms with Crippen LogP contribution in [0.15, 0.2) is 48.5 Å². The quantitative estimate of drug-likeness (QED) is 0.829. The minimum atomic E-state index is -0.446. The molecule has 0 spiro atoms. The molecule has 0 aliphatic carbocycles. The highest BCUT2D eigenvalue weighted by atomic mass is 16.2. The van der Waals surface area contributed by atoms with E-state index in [9.17, 15) is 9.59 Å². The van der Waals surface area contributed by atoms with E-state index in [0.29, 0.717) is 5.69 Å². The molecule has 29 heavy (non-hydrogen) atoms. The van der Waals surface area contributed by atoms with Gasteiger partial charge in [0.15, 0.2) is 0 Å². The number of amides is 2. The standard InChI is InChI=1S/C23H28N4O2/c1-17(23(29)27-16-22(28)25-20-8-4-5-9-21(20)27)24-18-10-12-19(13-11-18)26-14-6-2-3-7-15-26/h4-5,8-13,17,24H,2-3,6-7,14-16H2,1H3,(H,25,28). The lowest BCUT2D eigenvalue weighted by Crippen LogP contribution is -2.47. The molecule has 2 aromatic rings. The Labute approximate surface area is 171 Å². The summed E-state index contributed by atoms with van der Waals surface area (Å²) < 4.78 is 0.